The first-order chi connectivity index (χ1) is 16.8. The molecule has 2 bridgehead atoms. The number of hydrogen-bond acceptors (Lipinski definition) is 2. The van der Waals surface area contributed by atoms with Gasteiger partial charge in [-0.3, -0.25) is 0 Å². The highest BCUT2D eigenvalue weighted by molar-refractivity contribution is 5.39. The van der Waals surface area contributed by atoms with Gasteiger partial charge in [0, 0.05) is 18.9 Å². The van der Waals surface area contributed by atoms with Gasteiger partial charge in [0.25, 0.3) is 0 Å². The van der Waals surface area contributed by atoms with Crippen molar-refractivity contribution in [3.8, 4) is 0 Å². The minimum atomic E-state index is -0.494. The van der Waals surface area contributed by atoms with E-state index in [1.54, 1.807) is 0 Å². The molecule has 3 rings (SSSR count). The summed E-state index contributed by atoms with van der Waals surface area (Å²) in [5.41, 5.74) is 8.79. The summed E-state index contributed by atoms with van der Waals surface area (Å²) < 4.78 is 12.2. The predicted octanol–water partition coefficient (Wildman–Crippen LogP) is 10.7. The first-order valence-electron chi connectivity index (χ1n) is 14.2. The molecule has 36 heavy (non-hydrogen) atoms. The molecule has 3 aliphatic heterocycles. The summed E-state index contributed by atoms with van der Waals surface area (Å²) in [5.74, 6) is 0.592. The van der Waals surface area contributed by atoms with E-state index in [4.69, 9.17) is 9.47 Å². The van der Waals surface area contributed by atoms with Gasteiger partial charge in [0.1, 0.15) is 11.9 Å². The third-order valence-corrected chi connectivity index (χ3v) is 7.23. The fourth-order valence-corrected chi connectivity index (χ4v) is 5.33. The predicted molar refractivity (Wildman–Crippen MR) is 157 cm³/mol. The van der Waals surface area contributed by atoms with Crippen molar-refractivity contribution in [1.29, 1.82) is 0 Å². The second-order valence-corrected chi connectivity index (χ2v) is 12.5. The van der Waals surface area contributed by atoms with Crippen molar-refractivity contribution in [3.05, 3.63) is 69.6 Å². The maximum atomic E-state index is 6.24. The number of unbranched alkanes of at least 4 members (excludes halogenated alkanes) is 1. The lowest BCUT2D eigenvalue weighted by Crippen LogP contribution is -2.40. The smallest absolute Gasteiger partial charge is 0.234 e. The van der Waals surface area contributed by atoms with Crippen molar-refractivity contribution in [2.75, 3.05) is 0 Å². The molecule has 2 heteroatoms. The summed E-state index contributed by atoms with van der Waals surface area (Å²) in [6.45, 7) is 22.2. The van der Waals surface area contributed by atoms with Crippen molar-refractivity contribution in [2.45, 2.75) is 139 Å². The lowest BCUT2D eigenvalue weighted by molar-refractivity contribution is -0.148. The molecule has 0 amide bonds. The topological polar surface area (TPSA) is 18.5 Å². The van der Waals surface area contributed by atoms with E-state index in [1.807, 2.05) is 0 Å². The molecule has 3 heterocycles. The van der Waals surface area contributed by atoms with Gasteiger partial charge in [-0.15, -0.1) is 0 Å². The van der Waals surface area contributed by atoms with Gasteiger partial charge in [-0.25, -0.2) is 0 Å². The maximum absolute atomic E-state index is 6.24. The van der Waals surface area contributed by atoms with Crippen LogP contribution >= 0.6 is 0 Å². The fraction of sp³-hybridized carbons (Fsp3) is 0.647. The number of hydrogen-bond donors (Lipinski definition) is 0. The summed E-state index contributed by atoms with van der Waals surface area (Å²) in [6, 6.07) is 0. The van der Waals surface area contributed by atoms with Gasteiger partial charge in [-0.1, -0.05) is 79.0 Å². The summed E-state index contributed by atoms with van der Waals surface area (Å²) in [5, 5.41) is 0. The third kappa shape index (κ3) is 9.58. The molecule has 1 saturated heterocycles. The average Bonchev–Trinajstić information content (AvgIpc) is 3.20. The molecule has 0 aromatic carbocycles. The van der Waals surface area contributed by atoms with Gasteiger partial charge in [0.2, 0.25) is 5.79 Å². The van der Waals surface area contributed by atoms with E-state index in [9.17, 15) is 0 Å². The minimum absolute atomic E-state index is 0.0917. The molecular weight excluding hydrogens is 440 g/mol. The molecule has 0 saturated carbocycles. The normalized spacial score (nSPS) is 23.1. The molecule has 0 aromatic heterocycles. The molecule has 0 spiro atoms. The Morgan fingerprint density at radius 2 is 1.14 bits per heavy atom. The van der Waals surface area contributed by atoms with Crippen molar-refractivity contribution in [3.63, 3.8) is 0 Å². The van der Waals surface area contributed by atoms with E-state index in [-0.39, 0.29) is 11.5 Å². The summed E-state index contributed by atoms with van der Waals surface area (Å²) in [6.07, 6.45) is 22.2. The standard InChI is InChI=1S/C34H54O2/c1-25(2)16-13-19-28(5)21-14-20-26(3)17-11-12-18-27(4)22-15-23-29(6)24-30-31-32(33(7,8)9)34(10,35-30)36-31/h16-18,21,23,30H,11-15,19-20,22,24H2,1-10H3/b26-17+,27-18+,28-21+,29-23+. The molecule has 0 N–H and O–H groups in total. The van der Waals surface area contributed by atoms with Crippen LogP contribution in [0, 0.1) is 5.41 Å². The van der Waals surface area contributed by atoms with Gasteiger partial charge < -0.3 is 9.47 Å². The van der Waals surface area contributed by atoms with Crippen molar-refractivity contribution in [2.24, 2.45) is 5.41 Å². The van der Waals surface area contributed by atoms with Gasteiger partial charge in [-0.2, -0.15) is 0 Å². The second-order valence-electron chi connectivity index (χ2n) is 12.5. The first kappa shape index (κ1) is 30.4. The molecule has 0 aliphatic carbocycles. The molecule has 0 aromatic rings. The van der Waals surface area contributed by atoms with Gasteiger partial charge in [0.15, 0.2) is 0 Å². The Hall–Kier alpha value is -1.80. The molecule has 202 valence electrons. The van der Waals surface area contributed by atoms with E-state index >= 15 is 0 Å². The van der Waals surface area contributed by atoms with E-state index in [0.29, 0.717) is 0 Å². The zero-order valence-electron chi connectivity index (χ0n) is 25.1. The number of fused-ring (bicyclic) bond motifs is 1. The van der Waals surface area contributed by atoms with Gasteiger partial charge in [0.05, 0.1) is 0 Å². The van der Waals surface area contributed by atoms with E-state index in [2.05, 4.69) is 99.6 Å². The van der Waals surface area contributed by atoms with Crippen molar-refractivity contribution in [1.82, 2.24) is 0 Å². The van der Waals surface area contributed by atoms with E-state index in [0.717, 1.165) is 44.3 Å². The molecule has 0 radical (unpaired) electrons. The van der Waals surface area contributed by atoms with Crippen LogP contribution in [-0.4, -0.2) is 11.9 Å². The molecule has 1 fully saturated rings. The largest absolute Gasteiger partial charge is 0.460 e. The van der Waals surface area contributed by atoms with Crippen molar-refractivity contribution < 1.29 is 9.47 Å². The summed E-state index contributed by atoms with van der Waals surface area (Å²) in [4.78, 5) is 0. The molecule has 2 nitrogen and oxygen atoms in total. The third-order valence-electron chi connectivity index (χ3n) is 7.23. The van der Waals surface area contributed by atoms with Crippen LogP contribution in [0.3, 0.4) is 0 Å². The van der Waals surface area contributed by atoms with Gasteiger partial charge >= 0.3 is 0 Å². The van der Waals surface area contributed by atoms with Crippen LogP contribution in [0.1, 0.15) is 127 Å². The Kier molecular flexibility index (Phi) is 11.5. The summed E-state index contributed by atoms with van der Waals surface area (Å²) >= 11 is 0. The molecule has 3 aliphatic rings. The quantitative estimate of drug-likeness (QED) is 0.176. The Labute approximate surface area is 223 Å². The number of rotatable bonds is 14. The highest BCUT2D eigenvalue weighted by Crippen LogP contribution is 2.56. The van der Waals surface area contributed by atoms with Crippen LogP contribution in [0.5, 0.6) is 0 Å². The van der Waals surface area contributed by atoms with Gasteiger partial charge in [-0.05, 0) is 98.3 Å². The monoisotopic (exact) mass is 494 g/mol. The Balaban J connectivity index is 1.65. The number of ether oxygens (including phenoxy) is 2. The Bertz CT molecular complexity index is 925. The minimum Gasteiger partial charge on any atom is -0.460 e. The van der Waals surface area contributed by atoms with Crippen LogP contribution in [0.15, 0.2) is 69.6 Å². The highest BCUT2D eigenvalue weighted by atomic mass is 16.8. The Morgan fingerprint density at radius 3 is 1.58 bits per heavy atom. The molecular formula is C34H54O2. The van der Waals surface area contributed by atoms with Crippen LogP contribution in [0.4, 0.5) is 0 Å². The Morgan fingerprint density at radius 1 is 0.694 bits per heavy atom. The molecule has 2 unspecified atom stereocenters. The zero-order chi connectivity index (χ0) is 26.9. The maximum Gasteiger partial charge on any atom is 0.234 e. The van der Waals surface area contributed by atoms with Crippen LogP contribution in [-0.2, 0) is 9.47 Å². The molecule has 2 atom stereocenters. The van der Waals surface area contributed by atoms with Crippen LogP contribution < -0.4 is 0 Å². The number of allylic oxidation sites excluding steroid dienone is 9. The highest BCUT2D eigenvalue weighted by Gasteiger charge is 2.59. The lowest BCUT2D eigenvalue weighted by Gasteiger charge is -2.40. The first-order valence-corrected chi connectivity index (χ1v) is 14.2. The summed E-state index contributed by atoms with van der Waals surface area (Å²) in [7, 11) is 0. The van der Waals surface area contributed by atoms with Crippen molar-refractivity contribution >= 4 is 0 Å². The van der Waals surface area contributed by atoms with E-state index in [1.165, 1.54) is 52.7 Å². The SMILES string of the molecule is CC(C)=CCC/C(C)=C/CC/C(C)=C/CC/C=C(\C)CC/C=C(\C)CC1OC2(C)OC1=C2C(C)(C)C. The lowest BCUT2D eigenvalue weighted by atomic mass is 9.78. The average molecular weight is 495 g/mol. The fourth-order valence-electron chi connectivity index (χ4n) is 5.33. The second kappa shape index (κ2) is 13.7. The van der Waals surface area contributed by atoms with E-state index < -0.39 is 5.79 Å². The van der Waals surface area contributed by atoms with Crippen LogP contribution in [0.2, 0.25) is 0 Å². The van der Waals surface area contributed by atoms with Crippen LogP contribution in [0.25, 0.3) is 0 Å². The zero-order valence-corrected chi connectivity index (χ0v) is 25.1.